The summed E-state index contributed by atoms with van der Waals surface area (Å²) in [4.78, 5) is 39.6. The van der Waals surface area contributed by atoms with Gasteiger partial charge in [0.15, 0.2) is 15.6 Å². The Bertz CT molecular complexity index is 2890. The van der Waals surface area contributed by atoms with Crippen LogP contribution < -0.4 is 15.0 Å². The number of fused-ring (bicyclic) bond motifs is 1. The topological polar surface area (TPSA) is 172 Å². The van der Waals surface area contributed by atoms with Gasteiger partial charge in [-0.1, -0.05) is 25.5 Å². The van der Waals surface area contributed by atoms with Crippen LogP contribution in [0.25, 0.3) is 16.6 Å². The lowest BCUT2D eigenvalue weighted by Gasteiger charge is -2.42. The highest BCUT2D eigenvalue weighted by Gasteiger charge is 2.35. The van der Waals surface area contributed by atoms with E-state index in [-0.39, 0.29) is 40.0 Å². The SMILES string of the molecule is Cc1cc(C(F)(F)F)ccc1C1=C(CN2CCN(c3ccc(C(=O)CS(=O)(=O)c4ccc(NCC5CN(C6COC6)CCO5)c([N+](=O)[O-])c4)c(Oc4cnc5[nH]ccc5c4)c3)CC2)CCC(C)(C)C1. The molecule has 15 nitrogen and oxygen atoms in total. The van der Waals surface area contributed by atoms with E-state index in [0.717, 1.165) is 54.1 Å². The molecule has 4 aliphatic rings. The van der Waals surface area contributed by atoms with E-state index >= 15 is 0 Å². The fourth-order valence-corrected chi connectivity index (χ4v) is 11.0. The lowest BCUT2D eigenvalue weighted by molar-refractivity contribution is -0.384. The summed E-state index contributed by atoms with van der Waals surface area (Å²) in [5.74, 6) is -1.29. The van der Waals surface area contributed by atoms with Crippen LogP contribution in [0.2, 0.25) is 0 Å². The van der Waals surface area contributed by atoms with Crippen molar-refractivity contribution in [2.75, 3.05) is 88.1 Å². The fourth-order valence-electron chi connectivity index (χ4n) is 9.72. The quantitative estimate of drug-likeness (QED) is 0.0581. The third-order valence-corrected chi connectivity index (χ3v) is 15.4. The van der Waals surface area contributed by atoms with Crippen molar-refractivity contribution < 1.29 is 45.5 Å². The molecule has 2 aromatic heterocycles. The van der Waals surface area contributed by atoms with Crippen LogP contribution in [0.5, 0.6) is 11.5 Å². The van der Waals surface area contributed by atoms with E-state index in [9.17, 15) is 36.5 Å². The van der Waals surface area contributed by atoms with Gasteiger partial charge in [0.25, 0.3) is 5.69 Å². The lowest BCUT2D eigenvalue weighted by Crippen LogP contribution is -2.56. The first-order valence-electron chi connectivity index (χ1n) is 23.2. The Morgan fingerprint density at radius 3 is 2.55 bits per heavy atom. The van der Waals surface area contributed by atoms with E-state index in [0.29, 0.717) is 82.1 Å². The summed E-state index contributed by atoms with van der Waals surface area (Å²) in [6.07, 6.45) is 1.19. The highest BCUT2D eigenvalue weighted by atomic mass is 32.2. The second-order valence-electron chi connectivity index (χ2n) is 19.3. The molecule has 5 aromatic rings. The molecule has 19 heteroatoms. The zero-order chi connectivity index (χ0) is 48.7. The maximum absolute atomic E-state index is 14.1. The molecule has 1 atom stereocenters. The van der Waals surface area contributed by atoms with Crippen LogP contribution in [0.4, 0.5) is 30.2 Å². The van der Waals surface area contributed by atoms with E-state index < -0.39 is 43.7 Å². The Hall–Kier alpha value is -5.86. The Balaban J connectivity index is 0.912. The molecule has 0 amide bonds. The number of hydrogen-bond acceptors (Lipinski definition) is 13. The number of piperazine rings is 1. The molecule has 0 saturated carbocycles. The van der Waals surface area contributed by atoms with Gasteiger partial charge in [-0.05, 0) is 96.8 Å². The van der Waals surface area contributed by atoms with Crippen LogP contribution in [-0.2, 0) is 25.5 Å². The molecule has 0 radical (unpaired) electrons. The zero-order valence-electron chi connectivity index (χ0n) is 38.8. The van der Waals surface area contributed by atoms with Crippen molar-refractivity contribution in [2.24, 2.45) is 5.41 Å². The first-order valence-corrected chi connectivity index (χ1v) is 24.9. The van der Waals surface area contributed by atoms with Crippen LogP contribution in [0.15, 0.2) is 89.6 Å². The number of nitrogens with one attached hydrogen (secondary N) is 2. The van der Waals surface area contributed by atoms with Crippen molar-refractivity contribution in [3.05, 3.63) is 117 Å². The number of aryl methyl sites for hydroxylation is 1. The second kappa shape index (κ2) is 19.5. The number of anilines is 2. The number of ether oxygens (including phenoxy) is 3. The molecule has 1 aliphatic carbocycles. The highest BCUT2D eigenvalue weighted by molar-refractivity contribution is 7.92. The summed E-state index contributed by atoms with van der Waals surface area (Å²) < 4.78 is 86.1. The number of nitro benzene ring substituents is 1. The largest absolute Gasteiger partial charge is 0.455 e. The van der Waals surface area contributed by atoms with Crippen molar-refractivity contribution in [2.45, 2.75) is 63.3 Å². The van der Waals surface area contributed by atoms with Crippen molar-refractivity contribution in [3.63, 3.8) is 0 Å². The number of ketones is 1. The van der Waals surface area contributed by atoms with Crippen LogP contribution in [0.3, 0.4) is 0 Å². The molecular formula is C50H56F3N7O8S. The van der Waals surface area contributed by atoms with Gasteiger partial charge in [-0.15, -0.1) is 0 Å². The summed E-state index contributed by atoms with van der Waals surface area (Å²) in [5.41, 5.74) is 4.28. The van der Waals surface area contributed by atoms with Crippen LogP contribution >= 0.6 is 0 Å². The number of hydrogen-bond donors (Lipinski definition) is 2. The molecule has 3 aliphatic heterocycles. The standard InChI is InChI=1S/C50H56F3N7O8S/c1-32-20-35(50(51,52)53)4-7-41(32)43-24-49(2,3)12-10-34(43)27-57-14-16-58(17-15-57)36-5-8-42(47(22-36)68-38-21-33-11-13-54-48(33)56-25-38)46(61)31-69(64,65)40-6-9-44(45(23-40)60(62)63)55-26-39-28-59(18-19-67-39)37-29-66-30-37/h4-9,11,13,20-23,25,37,39,55H,10,12,14-19,24,26-31H2,1-3H3,(H,54,56). The first kappa shape index (κ1) is 48.2. The number of rotatable bonds is 15. The predicted octanol–water partition coefficient (Wildman–Crippen LogP) is 8.54. The van der Waals surface area contributed by atoms with Gasteiger partial charge in [-0.25, -0.2) is 13.4 Å². The molecule has 3 fully saturated rings. The molecule has 3 aromatic carbocycles. The van der Waals surface area contributed by atoms with Gasteiger partial charge in [0, 0.05) is 81.8 Å². The van der Waals surface area contributed by atoms with Gasteiger partial charge >= 0.3 is 6.18 Å². The third kappa shape index (κ3) is 11.0. The van der Waals surface area contributed by atoms with Gasteiger partial charge in [0.1, 0.15) is 28.6 Å². The van der Waals surface area contributed by atoms with Crippen LogP contribution in [0, 0.1) is 22.5 Å². The van der Waals surface area contributed by atoms with Crippen molar-refractivity contribution in [1.82, 2.24) is 19.8 Å². The molecule has 1 unspecified atom stereocenters. The number of Topliss-reactive ketones (excluding diaryl/α,β-unsaturated/α-hetero) is 1. The number of sulfone groups is 1. The number of morpholine rings is 1. The molecule has 5 heterocycles. The number of pyridine rings is 1. The minimum absolute atomic E-state index is 0.0103. The second-order valence-corrected chi connectivity index (χ2v) is 21.3. The number of benzene rings is 3. The summed E-state index contributed by atoms with van der Waals surface area (Å²) >= 11 is 0. The average molecular weight is 972 g/mol. The zero-order valence-corrected chi connectivity index (χ0v) is 39.6. The molecular weight excluding hydrogens is 916 g/mol. The maximum Gasteiger partial charge on any atom is 0.416 e. The molecule has 2 N–H and O–H groups in total. The fraction of sp³-hybridized carbons (Fsp3) is 0.440. The summed E-state index contributed by atoms with van der Waals surface area (Å²) in [7, 11) is -4.39. The van der Waals surface area contributed by atoms with Gasteiger partial charge in [-0.3, -0.25) is 24.7 Å². The lowest BCUT2D eigenvalue weighted by atomic mass is 9.72. The minimum Gasteiger partial charge on any atom is -0.455 e. The average Bonchev–Trinajstić information content (AvgIpc) is 3.76. The van der Waals surface area contributed by atoms with Crippen LogP contribution in [-0.4, -0.2) is 129 Å². The Labute approximate surface area is 398 Å². The Morgan fingerprint density at radius 1 is 1.03 bits per heavy atom. The minimum atomic E-state index is -4.41. The monoisotopic (exact) mass is 971 g/mol. The van der Waals surface area contributed by atoms with Gasteiger partial charge in [0.05, 0.1) is 59.1 Å². The summed E-state index contributed by atoms with van der Waals surface area (Å²) in [6, 6.07) is 16.5. The van der Waals surface area contributed by atoms with Crippen molar-refractivity contribution >= 4 is 49.3 Å². The Kier molecular flexibility index (Phi) is 13.6. The van der Waals surface area contributed by atoms with Gasteiger partial charge in [-0.2, -0.15) is 13.2 Å². The normalized spacial score (nSPS) is 19.7. The van der Waals surface area contributed by atoms with E-state index in [1.807, 2.05) is 6.07 Å². The number of nitro groups is 1. The molecule has 0 bridgehead atoms. The highest BCUT2D eigenvalue weighted by Crippen LogP contribution is 2.45. The number of alkyl halides is 3. The first-order chi connectivity index (χ1) is 32.9. The number of carbonyl (C=O) groups excluding carboxylic acids is 1. The number of nitrogens with zero attached hydrogens (tertiary/aromatic N) is 5. The van der Waals surface area contributed by atoms with E-state index in [1.165, 1.54) is 36.0 Å². The molecule has 9 rings (SSSR count). The molecule has 69 heavy (non-hydrogen) atoms. The summed E-state index contributed by atoms with van der Waals surface area (Å²) in [6.45, 7) is 13.0. The Morgan fingerprint density at radius 2 is 1.83 bits per heavy atom. The number of allylic oxidation sites excluding steroid dienone is 1. The molecule has 3 saturated heterocycles. The molecule has 0 spiro atoms. The smallest absolute Gasteiger partial charge is 0.416 e. The van der Waals surface area contributed by atoms with Crippen LogP contribution in [0.1, 0.15) is 60.2 Å². The molecule has 366 valence electrons. The number of aromatic amines is 1. The summed E-state index contributed by atoms with van der Waals surface area (Å²) in [5, 5.41) is 16.1. The van der Waals surface area contributed by atoms with E-state index in [4.69, 9.17) is 14.2 Å². The van der Waals surface area contributed by atoms with Gasteiger partial charge < -0.3 is 29.4 Å². The van der Waals surface area contributed by atoms with E-state index in [2.05, 4.69) is 43.8 Å². The van der Waals surface area contributed by atoms with Crippen molar-refractivity contribution in [3.8, 4) is 11.5 Å². The number of carbonyl (C=O) groups is 1. The number of halogens is 3. The van der Waals surface area contributed by atoms with E-state index in [1.54, 1.807) is 43.5 Å². The van der Waals surface area contributed by atoms with Crippen molar-refractivity contribution in [1.29, 1.82) is 0 Å². The third-order valence-electron chi connectivity index (χ3n) is 13.8. The number of H-pyrrole nitrogens is 1. The maximum atomic E-state index is 14.1. The predicted molar refractivity (Wildman–Crippen MR) is 256 cm³/mol. The van der Waals surface area contributed by atoms with Gasteiger partial charge in [0.2, 0.25) is 0 Å². The number of aromatic nitrogens is 2.